The van der Waals surface area contributed by atoms with Crippen molar-refractivity contribution < 1.29 is 4.42 Å². The molecule has 0 aliphatic carbocycles. The Bertz CT molecular complexity index is 413. The Morgan fingerprint density at radius 1 is 1.47 bits per heavy atom. The summed E-state index contributed by atoms with van der Waals surface area (Å²) < 4.78 is 5.65. The highest BCUT2D eigenvalue weighted by Crippen LogP contribution is 2.28. The van der Waals surface area contributed by atoms with Crippen LogP contribution in [0.2, 0.25) is 0 Å². The Morgan fingerprint density at radius 2 is 2.21 bits per heavy atom. The van der Waals surface area contributed by atoms with Gasteiger partial charge in [0.05, 0.1) is 5.69 Å². The first-order valence-corrected chi connectivity index (χ1v) is 7.99. The topological polar surface area (TPSA) is 41.3 Å². The van der Waals surface area contributed by atoms with Gasteiger partial charge in [-0.15, -0.1) is 0 Å². The van der Waals surface area contributed by atoms with Gasteiger partial charge in [0.15, 0.2) is 0 Å². The molecule has 2 heterocycles. The van der Waals surface area contributed by atoms with E-state index in [0.29, 0.717) is 11.3 Å². The molecule has 0 saturated carbocycles. The molecular weight excluding hydrogens is 258 g/mol. The van der Waals surface area contributed by atoms with Crippen molar-refractivity contribution in [3.63, 3.8) is 0 Å². The molecular formula is C14H25N3OS. The lowest BCUT2D eigenvalue weighted by Gasteiger charge is -2.36. The van der Waals surface area contributed by atoms with E-state index in [1.807, 2.05) is 11.8 Å². The van der Waals surface area contributed by atoms with E-state index in [4.69, 9.17) is 4.42 Å². The Labute approximate surface area is 120 Å². The Morgan fingerprint density at radius 3 is 2.89 bits per heavy atom. The van der Waals surface area contributed by atoms with Crippen molar-refractivity contribution in [3.05, 3.63) is 12.0 Å². The number of aromatic nitrogens is 1. The zero-order valence-electron chi connectivity index (χ0n) is 12.6. The summed E-state index contributed by atoms with van der Waals surface area (Å²) in [6.07, 6.45) is 1.77. The Balaban J connectivity index is 2.00. The molecule has 2 rings (SSSR count). The first-order valence-electron chi connectivity index (χ1n) is 6.94. The van der Waals surface area contributed by atoms with E-state index in [1.54, 1.807) is 6.26 Å². The molecule has 0 spiro atoms. The number of nitrogens with zero attached hydrogens (tertiary/aromatic N) is 2. The molecule has 1 aromatic heterocycles. The maximum absolute atomic E-state index is 5.65. The van der Waals surface area contributed by atoms with E-state index >= 15 is 0 Å². The van der Waals surface area contributed by atoms with Gasteiger partial charge < -0.3 is 14.6 Å². The summed E-state index contributed by atoms with van der Waals surface area (Å²) >= 11 is 2.02. The summed E-state index contributed by atoms with van der Waals surface area (Å²) in [5.74, 6) is 1.14. The van der Waals surface area contributed by atoms with Crippen LogP contribution in [-0.2, 0) is 6.54 Å². The van der Waals surface area contributed by atoms with E-state index in [9.17, 15) is 0 Å². The van der Waals surface area contributed by atoms with Gasteiger partial charge in [-0.2, -0.15) is 16.7 Å². The van der Waals surface area contributed by atoms with Crippen molar-refractivity contribution in [1.29, 1.82) is 0 Å². The van der Waals surface area contributed by atoms with E-state index in [0.717, 1.165) is 30.6 Å². The van der Waals surface area contributed by atoms with Gasteiger partial charge in [-0.25, -0.2) is 0 Å². The minimum absolute atomic E-state index is 0.0999. The standard InChI is InChI=1S/C14H25N3OS/c1-10-11(2)19-7-6-17(10)13-16-12(9-18-13)8-15-14(3,4)5/h9-11,15H,6-8H2,1-5H3. The van der Waals surface area contributed by atoms with Crippen LogP contribution in [0.1, 0.15) is 40.3 Å². The Hall–Kier alpha value is -0.680. The van der Waals surface area contributed by atoms with Crippen molar-refractivity contribution in [2.24, 2.45) is 0 Å². The highest BCUT2D eigenvalue weighted by Gasteiger charge is 2.28. The number of hydrogen-bond acceptors (Lipinski definition) is 5. The van der Waals surface area contributed by atoms with Gasteiger partial charge in [-0.1, -0.05) is 6.92 Å². The van der Waals surface area contributed by atoms with Crippen molar-refractivity contribution in [3.8, 4) is 0 Å². The third-order valence-electron chi connectivity index (χ3n) is 3.47. The van der Waals surface area contributed by atoms with Crippen LogP contribution in [0.3, 0.4) is 0 Å². The largest absolute Gasteiger partial charge is 0.432 e. The number of oxazole rings is 1. The van der Waals surface area contributed by atoms with Crippen LogP contribution in [0.15, 0.2) is 10.7 Å². The summed E-state index contributed by atoms with van der Waals surface area (Å²) in [7, 11) is 0. The second-order valence-corrected chi connectivity index (χ2v) is 7.72. The molecule has 1 aliphatic rings. The minimum Gasteiger partial charge on any atom is -0.432 e. The van der Waals surface area contributed by atoms with Gasteiger partial charge in [0, 0.05) is 35.7 Å². The fraction of sp³-hybridized carbons (Fsp3) is 0.786. The maximum atomic E-state index is 5.65. The lowest BCUT2D eigenvalue weighted by atomic mass is 10.1. The van der Waals surface area contributed by atoms with Crippen LogP contribution in [0.25, 0.3) is 0 Å². The number of anilines is 1. The van der Waals surface area contributed by atoms with Crippen LogP contribution in [-0.4, -0.2) is 34.1 Å². The van der Waals surface area contributed by atoms with Crippen molar-refractivity contribution in [2.45, 2.75) is 58.0 Å². The van der Waals surface area contributed by atoms with Crippen LogP contribution >= 0.6 is 11.8 Å². The molecule has 1 aromatic rings. The monoisotopic (exact) mass is 283 g/mol. The molecule has 1 saturated heterocycles. The van der Waals surface area contributed by atoms with Gasteiger partial charge in [0.25, 0.3) is 6.01 Å². The van der Waals surface area contributed by atoms with Gasteiger partial charge in [-0.3, -0.25) is 0 Å². The first-order chi connectivity index (χ1) is 8.87. The fourth-order valence-corrected chi connectivity index (χ4v) is 3.17. The maximum Gasteiger partial charge on any atom is 0.297 e. The quantitative estimate of drug-likeness (QED) is 0.924. The predicted molar refractivity (Wildman–Crippen MR) is 81.8 cm³/mol. The number of nitrogens with one attached hydrogen (secondary N) is 1. The number of hydrogen-bond donors (Lipinski definition) is 1. The summed E-state index contributed by atoms with van der Waals surface area (Å²) in [6, 6.07) is 1.24. The van der Waals surface area contributed by atoms with Crippen LogP contribution in [0, 0.1) is 0 Å². The van der Waals surface area contributed by atoms with Crippen molar-refractivity contribution >= 4 is 17.8 Å². The fourth-order valence-electron chi connectivity index (χ4n) is 2.07. The molecule has 1 N–H and O–H groups in total. The second-order valence-electron chi connectivity index (χ2n) is 6.23. The second kappa shape index (κ2) is 5.75. The van der Waals surface area contributed by atoms with Gasteiger partial charge in [0.2, 0.25) is 0 Å². The molecule has 5 heteroatoms. The van der Waals surface area contributed by atoms with Crippen LogP contribution in [0.4, 0.5) is 6.01 Å². The van der Waals surface area contributed by atoms with E-state index < -0.39 is 0 Å². The van der Waals surface area contributed by atoms with Gasteiger partial charge >= 0.3 is 0 Å². The molecule has 2 atom stereocenters. The third kappa shape index (κ3) is 3.89. The molecule has 0 bridgehead atoms. The molecule has 19 heavy (non-hydrogen) atoms. The molecule has 1 fully saturated rings. The SMILES string of the molecule is CC1SCCN(c2nc(CNC(C)(C)C)co2)C1C. The predicted octanol–water partition coefficient (Wildman–Crippen LogP) is 2.89. The molecule has 2 unspecified atom stereocenters. The minimum atomic E-state index is 0.0999. The van der Waals surface area contributed by atoms with Crippen LogP contribution in [0.5, 0.6) is 0 Å². The smallest absolute Gasteiger partial charge is 0.297 e. The lowest BCUT2D eigenvalue weighted by molar-refractivity contribution is 0.421. The van der Waals surface area contributed by atoms with E-state index in [1.165, 1.54) is 0 Å². The van der Waals surface area contributed by atoms with E-state index in [2.05, 4.69) is 49.8 Å². The average molecular weight is 283 g/mol. The summed E-state index contributed by atoms with van der Waals surface area (Å²) in [5, 5.41) is 4.05. The van der Waals surface area contributed by atoms with E-state index in [-0.39, 0.29) is 5.54 Å². The number of thioether (sulfide) groups is 1. The molecule has 4 nitrogen and oxygen atoms in total. The van der Waals surface area contributed by atoms with Crippen molar-refractivity contribution in [1.82, 2.24) is 10.3 Å². The molecule has 0 amide bonds. The Kier molecular flexibility index (Phi) is 4.46. The molecule has 1 aliphatic heterocycles. The first kappa shape index (κ1) is 14.7. The highest BCUT2D eigenvalue weighted by atomic mass is 32.2. The molecule has 0 aromatic carbocycles. The molecule has 0 radical (unpaired) electrons. The highest BCUT2D eigenvalue weighted by molar-refractivity contribution is 8.00. The average Bonchev–Trinajstić information content (AvgIpc) is 2.78. The van der Waals surface area contributed by atoms with Crippen molar-refractivity contribution in [2.75, 3.05) is 17.2 Å². The lowest BCUT2D eigenvalue weighted by Crippen LogP contribution is -2.45. The van der Waals surface area contributed by atoms with Crippen LogP contribution < -0.4 is 10.2 Å². The summed E-state index contributed by atoms with van der Waals surface area (Å²) in [4.78, 5) is 6.89. The zero-order valence-corrected chi connectivity index (χ0v) is 13.4. The van der Waals surface area contributed by atoms with Gasteiger partial charge in [-0.05, 0) is 27.7 Å². The third-order valence-corrected chi connectivity index (χ3v) is 4.81. The summed E-state index contributed by atoms with van der Waals surface area (Å²) in [6.45, 7) is 12.7. The number of rotatable bonds is 3. The normalized spacial score (nSPS) is 24.8. The molecule has 108 valence electrons. The summed E-state index contributed by atoms with van der Waals surface area (Å²) in [5.41, 5.74) is 1.07. The zero-order chi connectivity index (χ0) is 14.0. The van der Waals surface area contributed by atoms with Gasteiger partial charge in [0.1, 0.15) is 6.26 Å².